The van der Waals surface area contributed by atoms with E-state index >= 15 is 0 Å². The van der Waals surface area contributed by atoms with Gasteiger partial charge in [-0.25, -0.2) is 4.98 Å². The standard InChI is InChI=1S/C21H13F3N4O2.C21H11F3N2O3/c1-11-25-15-8-7-13(9-16(15)26-11)19-27-20(30-28-19)17-10-14(12-5-3-2-4-6-12)18(29-17)21(22,23)24;22-21(23,24)18-15(12-4-2-1-3-5-12)11-17(28-18)20-25-19(26-29-20)14-6-7-16-13(10-14)8-9-27-16/h2-10H,1H3,(H,25,26);1-11H. The van der Waals surface area contributed by atoms with Gasteiger partial charge in [0.1, 0.15) is 11.4 Å². The molecule has 6 aromatic heterocycles. The lowest BCUT2D eigenvalue weighted by atomic mass is 10.1. The number of alkyl halides is 6. The summed E-state index contributed by atoms with van der Waals surface area (Å²) in [7, 11) is 0. The topological polar surface area (TPSA) is 146 Å². The lowest BCUT2D eigenvalue weighted by molar-refractivity contribution is -0.152. The molecule has 0 saturated heterocycles. The fraction of sp³-hybridized carbons (Fsp3) is 0.0714. The Morgan fingerprint density at radius 1 is 0.542 bits per heavy atom. The maximum absolute atomic E-state index is 13.5. The number of nitrogens with one attached hydrogen (secondary N) is 1. The number of aryl methyl sites for hydroxylation is 1. The number of imidazole rings is 1. The van der Waals surface area contributed by atoms with Gasteiger partial charge in [0.05, 0.1) is 17.3 Å². The third-order valence-corrected chi connectivity index (χ3v) is 8.99. The summed E-state index contributed by atoms with van der Waals surface area (Å²) in [4.78, 5) is 15.9. The van der Waals surface area contributed by atoms with Crippen molar-refractivity contribution >= 4 is 22.0 Å². The van der Waals surface area contributed by atoms with Crippen molar-refractivity contribution < 1.29 is 48.6 Å². The number of nitrogens with zero attached hydrogens (tertiary/aromatic N) is 5. The summed E-state index contributed by atoms with van der Waals surface area (Å²) in [5.74, 6) is -1.59. The first-order valence-corrected chi connectivity index (χ1v) is 17.5. The average molecular weight is 807 g/mol. The lowest BCUT2D eigenvalue weighted by Crippen LogP contribution is -2.04. The Bertz CT molecular complexity index is 3060. The van der Waals surface area contributed by atoms with Crippen LogP contribution in [-0.2, 0) is 12.4 Å². The first kappa shape index (κ1) is 36.9. The van der Waals surface area contributed by atoms with E-state index in [2.05, 4.69) is 30.2 Å². The van der Waals surface area contributed by atoms with E-state index in [0.717, 1.165) is 22.2 Å². The van der Waals surface area contributed by atoms with Crippen molar-refractivity contribution in [1.82, 2.24) is 30.2 Å². The van der Waals surface area contributed by atoms with E-state index in [1.165, 1.54) is 12.1 Å². The molecule has 294 valence electrons. The third kappa shape index (κ3) is 7.36. The van der Waals surface area contributed by atoms with E-state index in [1.54, 1.807) is 109 Å². The number of aromatic nitrogens is 6. The zero-order valence-electron chi connectivity index (χ0n) is 30.1. The van der Waals surface area contributed by atoms with Gasteiger partial charge in [0.15, 0.2) is 11.5 Å². The summed E-state index contributed by atoms with van der Waals surface area (Å²) < 4.78 is 107. The molecule has 59 heavy (non-hydrogen) atoms. The van der Waals surface area contributed by atoms with Crippen LogP contribution in [0.3, 0.4) is 0 Å². The predicted molar refractivity (Wildman–Crippen MR) is 200 cm³/mol. The molecule has 1 N–H and O–H groups in total. The van der Waals surface area contributed by atoms with Crippen LogP contribution in [0, 0.1) is 6.92 Å². The Kier molecular flexibility index (Phi) is 8.98. The molecule has 0 aliphatic rings. The molecule has 0 spiro atoms. The Hall–Kier alpha value is -7.69. The van der Waals surface area contributed by atoms with Crippen molar-refractivity contribution in [2.75, 3.05) is 0 Å². The molecule has 0 radical (unpaired) electrons. The maximum atomic E-state index is 13.5. The summed E-state index contributed by atoms with van der Waals surface area (Å²) in [6, 6.07) is 31.3. The maximum Gasteiger partial charge on any atom is 0.450 e. The summed E-state index contributed by atoms with van der Waals surface area (Å²) in [5, 5.41) is 8.60. The number of fused-ring (bicyclic) bond motifs is 2. The van der Waals surface area contributed by atoms with Crippen LogP contribution in [0.25, 0.3) is 90.3 Å². The number of halogens is 6. The van der Waals surface area contributed by atoms with E-state index in [1.807, 2.05) is 6.92 Å². The van der Waals surface area contributed by atoms with E-state index in [0.29, 0.717) is 27.8 Å². The quantitative estimate of drug-likeness (QED) is 0.161. The molecule has 0 unspecified atom stereocenters. The number of furan rings is 3. The smallest absolute Gasteiger partial charge is 0.450 e. The van der Waals surface area contributed by atoms with Gasteiger partial charge in [0, 0.05) is 27.6 Å². The summed E-state index contributed by atoms with van der Waals surface area (Å²) in [6.45, 7) is 1.84. The number of rotatable bonds is 6. The summed E-state index contributed by atoms with van der Waals surface area (Å²) in [5.41, 5.74) is 4.12. The van der Waals surface area contributed by atoms with Crippen LogP contribution < -0.4 is 0 Å². The van der Waals surface area contributed by atoms with Gasteiger partial charge in [-0.15, -0.1) is 0 Å². The molecule has 0 atom stereocenters. The minimum absolute atomic E-state index is 0.0901. The van der Waals surface area contributed by atoms with Crippen LogP contribution in [0.4, 0.5) is 26.3 Å². The molecule has 0 fully saturated rings. The molecule has 17 heteroatoms. The van der Waals surface area contributed by atoms with Gasteiger partial charge < -0.3 is 27.3 Å². The first-order valence-electron chi connectivity index (χ1n) is 17.5. The number of benzene rings is 4. The minimum Gasteiger partial charge on any atom is -0.464 e. The van der Waals surface area contributed by atoms with Gasteiger partial charge in [-0.05, 0) is 72.6 Å². The van der Waals surface area contributed by atoms with E-state index < -0.39 is 23.9 Å². The van der Waals surface area contributed by atoms with Gasteiger partial charge in [0.2, 0.25) is 23.2 Å². The molecule has 4 aromatic carbocycles. The van der Waals surface area contributed by atoms with E-state index in [-0.39, 0.29) is 46.1 Å². The minimum atomic E-state index is -4.67. The average Bonchev–Trinajstić information content (AvgIpc) is 4.08. The molecular formula is C42H24F6N6O5. The monoisotopic (exact) mass is 806 g/mol. The number of H-pyrrole nitrogens is 1. The molecular weight excluding hydrogens is 782 g/mol. The van der Waals surface area contributed by atoms with Crippen LogP contribution >= 0.6 is 0 Å². The fourth-order valence-electron chi connectivity index (χ4n) is 6.34. The molecule has 0 bridgehead atoms. The SMILES string of the molecule is Cc1nc2ccc(-c3noc(-c4cc(-c5ccccc5)c(C(F)(F)F)o4)n3)cc2[nH]1.FC(F)(F)c1oc(-c2nc(-c3ccc4occc4c3)no2)cc1-c1ccccc1. The first-order chi connectivity index (χ1) is 28.4. The van der Waals surface area contributed by atoms with Gasteiger partial charge in [0.25, 0.3) is 11.8 Å². The highest BCUT2D eigenvalue weighted by Gasteiger charge is 2.40. The molecule has 0 aliphatic heterocycles. The molecule has 0 amide bonds. The van der Waals surface area contributed by atoms with Gasteiger partial charge >= 0.3 is 12.4 Å². The van der Waals surface area contributed by atoms with Gasteiger partial charge in [-0.3, -0.25) is 0 Å². The predicted octanol–water partition coefficient (Wildman–Crippen LogP) is 12.3. The van der Waals surface area contributed by atoms with Crippen molar-refractivity contribution in [3.05, 3.63) is 139 Å². The summed E-state index contributed by atoms with van der Waals surface area (Å²) >= 11 is 0. The highest BCUT2D eigenvalue weighted by atomic mass is 19.4. The van der Waals surface area contributed by atoms with Crippen molar-refractivity contribution in [2.24, 2.45) is 0 Å². The Morgan fingerprint density at radius 3 is 1.61 bits per heavy atom. The second-order valence-electron chi connectivity index (χ2n) is 13.0. The largest absolute Gasteiger partial charge is 0.464 e. The van der Waals surface area contributed by atoms with Crippen molar-refractivity contribution in [3.63, 3.8) is 0 Å². The zero-order valence-corrected chi connectivity index (χ0v) is 30.1. The van der Waals surface area contributed by atoms with E-state index in [9.17, 15) is 26.3 Å². The highest BCUT2D eigenvalue weighted by molar-refractivity contribution is 5.83. The lowest BCUT2D eigenvalue weighted by Gasteiger charge is -2.05. The Balaban J connectivity index is 0.000000152. The zero-order chi connectivity index (χ0) is 40.9. The second-order valence-corrected chi connectivity index (χ2v) is 13.0. The normalized spacial score (nSPS) is 12.0. The third-order valence-electron chi connectivity index (χ3n) is 8.99. The van der Waals surface area contributed by atoms with Crippen LogP contribution in [0.15, 0.2) is 144 Å². The molecule has 10 aromatic rings. The summed E-state index contributed by atoms with van der Waals surface area (Å²) in [6.07, 6.45) is -7.78. The van der Waals surface area contributed by atoms with E-state index in [4.69, 9.17) is 22.3 Å². The highest BCUT2D eigenvalue weighted by Crippen LogP contribution is 2.43. The van der Waals surface area contributed by atoms with Gasteiger partial charge in [-0.1, -0.05) is 71.0 Å². The van der Waals surface area contributed by atoms with Gasteiger partial charge in [-0.2, -0.15) is 36.3 Å². The second kappa shape index (κ2) is 14.4. The number of aromatic amines is 1. The molecule has 11 nitrogen and oxygen atoms in total. The van der Waals surface area contributed by atoms with Crippen LogP contribution in [0.1, 0.15) is 17.3 Å². The Labute approximate surface area is 326 Å². The van der Waals surface area contributed by atoms with Crippen LogP contribution in [-0.4, -0.2) is 30.2 Å². The molecule has 6 heterocycles. The Morgan fingerprint density at radius 2 is 1.07 bits per heavy atom. The van der Waals surface area contributed by atoms with Crippen molar-refractivity contribution in [3.8, 4) is 68.3 Å². The molecule has 0 saturated carbocycles. The molecule has 0 aliphatic carbocycles. The number of hydrogen-bond donors (Lipinski definition) is 1. The number of hydrogen-bond acceptors (Lipinski definition) is 10. The van der Waals surface area contributed by atoms with Crippen LogP contribution in [0.5, 0.6) is 0 Å². The fourth-order valence-corrected chi connectivity index (χ4v) is 6.34. The van der Waals surface area contributed by atoms with Crippen molar-refractivity contribution in [1.29, 1.82) is 0 Å². The van der Waals surface area contributed by atoms with Crippen LogP contribution in [0.2, 0.25) is 0 Å². The van der Waals surface area contributed by atoms with Crippen molar-refractivity contribution in [2.45, 2.75) is 19.3 Å². The molecule has 10 rings (SSSR count).